The summed E-state index contributed by atoms with van der Waals surface area (Å²) in [4.78, 5) is 17.9. The third-order valence-corrected chi connectivity index (χ3v) is 3.28. The van der Waals surface area contributed by atoms with Crippen molar-refractivity contribution in [3.63, 3.8) is 0 Å². The largest absolute Gasteiger partial charge is 0.387 e. The van der Waals surface area contributed by atoms with Gasteiger partial charge in [0.05, 0.1) is 35.1 Å². The molecular formula is C15H15N3O2. The first-order valence-corrected chi connectivity index (χ1v) is 6.45. The highest BCUT2D eigenvalue weighted by molar-refractivity contribution is 6.03. The Morgan fingerprint density at radius 2 is 2.10 bits per heavy atom. The number of aliphatic hydroxyl groups excluding tert-OH is 1. The molecule has 2 heterocycles. The molecule has 20 heavy (non-hydrogen) atoms. The molecule has 0 radical (unpaired) electrons. The molecule has 0 saturated heterocycles. The van der Waals surface area contributed by atoms with Crippen molar-refractivity contribution in [3.05, 3.63) is 48.3 Å². The molecule has 0 aliphatic carbocycles. The zero-order chi connectivity index (χ0) is 14.1. The molecule has 0 unspecified atom stereocenters. The van der Waals surface area contributed by atoms with Gasteiger partial charge in [-0.25, -0.2) is 0 Å². The average Bonchev–Trinajstić information content (AvgIpc) is 2.46. The van der Waals surface area contributed by atoms with Gasteiger partial charge in [-0.15, -0.1) is 0 Å². The number of hydrogen-bond acceptors (Lipinski definition) is 4. The first-order valence-electron chi connectivity index (χ1n) is 6.45. The van der Waals surface area contributed by atoms with Gasteiger partial charge >= 0.3 is 0 Å². The maximum atomic E-state index is 11.8. The van der Waals surface area contributed by atoms with Crippen LogP contribution in [0, 0.1) is 0 Å². The summed E-state index contributed by atoms with van der Waals surface area (Å²) in [5.74, 6) is -0.0525. The lowest BCUT2D eigenvalue weighted by atomic mass is 10.1. The van der Waals surface area contributed by atoms with Crippen LogP contribution >= 0.6 is 0 Å². The molecule has 2 N–H and O–H groups in total. The van der Waals surface area contributed by atoms with Crippen LogP contribution < -0.4 is 10.2 Å². The predicted molar refractivity (Wildman–Crippen MR) is 76.9 cm³/mol. The van der Waals surface area contributed by atoms with Gasteiger partial charge in [0.25, 0.3) is 0 Å². The number of para-hydroxylation sites is 2. The number of carbonyl (C=O) groups is 1. The number of nitrogens with zero attached hydrogens (tertiary/aromatic N) is 2. The number of nitrogens with one attached hydrogen (secondary N) is 1. The standard InChI is InChI=1S/C15H15N3O2/c1-10(19)12-7-6-11(8-16-12)18-9-15(20)17-13-4-2-3-5-14(13)18/h2-8,10,19H,9H2,1H3,(H,17,20)/t10-/m1/s1. The number of carbonyl (C=O) groups excluding carboxylic acids is 1. The van der Waals surface area contributed by atoms with E-state index in [4.69, 9.17) is 0 Å². The highest BCUT2D eigenvalue weighted by Crippen LogP contribution is 2.34. The van der Waals surface area contributed by atoms with E-state index in [1.54, 1.807) is 19.2 Å². The molecule has 0 spiro atoms. The van der Waals surface area contributed by atoms with Crippen LogP contribution in [0.25, 0.3) is 0 Å². The lowest BCUT2D eigenvalue weighted by Crippen LogP contribution is -2.35. The van der Waals surface area contributed by atoms with Crippen LogP contribution in [0.5, 0.6) is 0 Å². The Morgan fingerprint density at radius 1 is 1.30 bits per heavy atom. The van der Waals surface area contributed by atoms with Crippen molar-refractivity contribution < 1.29 is 9.90 Å². The Morgan fingerprint density at radius 3 is 2.80 bits per heavy atom. The lowest BCUT2D eigenvalue weighted by Gasteiger charge is -2.30. The van der Waals surface area contributed by atoms with E-state index in [2.05, 4.69) is 10.3 Å². The molecule has 5 nitrogen and oxygen atoms in total. The van der Waals surface area contributed by atoms with Gasteiger partial charge in [-0.2, -0.15) is 0 Å². The van der Waals surface area contributed by atoms with E-state index in [1.807, 2.05) is 35.2 Å². The zero-order valence-corrected chi connectivity index (χ0v) is 11.1. The minimum atomic E-state index is -0.596. The molecule has 1 aromatic heterocycles. The van der Waals surface area contributed by atoms with Crippen LogP contribution in [0.2, 0.25) is 0 Å². The summed E-state index contributed by atoms with van der Waals surface area (Å²) in [6.07, 6.45) is 1.08. The fourth-order valence-electron chi connectivity index (χ4n) is 2.27. The fourth-order valence-corrected chi connectivity index (χ4v) is 2.27. The van der Waals surface area contributed by atoms with Gasteiger partial charge in [-0.1, -0.05) is 12.1 Å². The number of anilines is 3. The van der Waals surface area contributed by atoms with E-state index in [9.17, 15) is 9.90 Å². The number of aliphatic hydroxyl groups is 1. The quantitative estimate of drug-likeness (QED) is 0.877. The van der Waals surface area contributed by atoms with E-state index in [-0.39, 0.29) is 12.5 Å². The van der Waals surface area contributed by atoms with Gasteiger partial charge in [0.2, 0.25) is 5.91 Å². The Labute approximate surface area is 116 Å². The van der Waals surface area contributed by atoms with Crippen molar-refractivity contribution in [2.45, 2.75) is 13.0 Å². The molecule has 1 amide bonds. The Hall–Kier alpha value is -2.40. The smallest absolute Gasteiger partial charge is 0.244 e. The second-order valence-electron chi connectivity index (χ2n) is 4.77. The monoisotopic (exact) mass is 269 g/mol. The molecule has 0 bridgehead atoms. The zero-order valence-electron chi connectivity index (χ0n) is 11.1. The summed E-state index contributed by atoms with van der Waals surface area (Å²) in [6.45, 7) is 1.93. The number of rotatable bonds is 2. The van der Waals surface area contributed by atoms with Gasteiger partial charge in [0.1, 0.15) is 6.54 Å². The highest BCUT2D eigenvalue weighted by Gasteiger charge is 2.22. The van der Waals surface area contributed by atoms with Crippen molar-refractivity contribution >= 4 is 23.0 Å². The van der Waals surface area contributed by atoms with E-state index < -0.39 is 6.10 Å². The molecule has 1 aromatic carbocycles. The van der Waals surface area contributed by atoms with Crippen molar-refractivity contribution in [3.8, 4) is 0 Å². The number of fused-ring (bicyclic) bond motifs is 1. The lowest BCUT2D eigenvalue weighted by molar-refractivity contribution is -0.115. The van der Waals surface area contributed by atoms with Gasteiger partial charge in [0, 0.05) is 0 Å². The van der Waals surface area contributed by atoms with Gasteiger partial charge < -0.3 is 15.3 Å². The number of hydrogen-bond donors (Lipinski definition) is 2. The summed E-state index contributed by atoms with van der Waals surface area (Å²) >= 11 is 0. The predicted octanol–water partition coefficient (Wildman–Crippen LogP) is 2.23. The van der Waals surface area contributed by atoms with Crippen LogP contribution in [0.4, 0.5) is 17.1 Å². The van der Waals surface area contributed by atoms with Crippen LogP contribution in [-0.4, -0.2) is 22.5 Å². The summed E-state index contributed by atoms with van der Waals surface area (Å²) < 4.78 is 0. The normalized spacial score (nSPS) is 15.5. The molecule has 5 heteroatoms. The minimum Gasteiger partial charge on any atom is -0.387 e. The SMILES string of the molecule is C[C@@H](O)c1ccc(N2CC(=O)Nc3ccccc32)cn1. The van der Waals surface area contributed by atoms with Crippen molar-refractivity contribution in [1.82, 2.24) is 4.98 Å². The summed E-state index contributed by atoms with van der Waals surface area (Å²) in [6, 6.07) is 11.3. The molecule has 1 aliphatic rings. The third kappa shape index (κ3) is 2.23. The summed E-state index contributed by atoms with van der Waals surface area (Å²) in [5.41, 5.74) is 3.18. The molecule has 0 fully saturated rings. The maximum absolute atomic E-state index is 11.8. The molecule has 1 aliphatic heterocycles. The molecule has 3 rings (SSSR count). The Balaban J connectivity index is 1.99. The van der Waals surface area contributed by atoms with Crippen LogP contribution in [0.1, 0.15) is 18.7 Å². The molecule has 1 atom stereocenters. The van der Waals surface area contributed by atoms with E-state index in [0.717, 1.165) is 17.1 Å². The van der Waals surface area contributed by atoms with E-state index in [0.29, 0.717) is 5.69 Å². The number of pyridine rings is 1. The van der Waals surface area contributed by atoms with Crippen LogP contribution in [-0.2, 0) is 4.79 Å². The van der Waals surface area contributed by atoms with Crippen LogP contribution in [0.15, 0.2) is 42.6 Å². The fraction of sp³-hybridized carbons (Fsp3) is 0.200. The van der Waals surface area contributed by atoms with E-state index in [1.165, 1.54) is 0 Å². The summed E-state index contributed by atoms with van der Waals surface area (Å²) in [5, 5.41) is 12.3. The Kier molecular flexibility index (Phi) is 3.12. The average molecular weight is 269 g/mol. The highest BCUT2D eigenvalue weighted by atomic mass is 16.3. The summed E-state index contributed by atoms with van der Waals surface area (Å²) in [7, 11) is 0. The van der Waals surface area contributed by atoms with Gasteiger partial charge in [-0.3, -0.25) is 9.78 Å². The van der Waals surface area contributed by atoms with Crippen LogP contribution in [0.3, 0.4) is 0 Å². The van der Waals surface area contributed by atoms with Gasteiger partial charge in [-0.05, 0) is 31.2 Å². The topological polar surface area (TPSA) is 65.5 Å². The van der Waals surface area contributed by atoms with E-state index >= 15 is 0 Å². The molecule has 102 valence electrons. The molecule has 0 saturated carbocycles. The number of aromatic nitrogens is 1. The Bertz CT molecular complexity index is 638. The first-order chi connectivity index (χ1) is 9.65. The molecular weight excluding hydrogens is 254 g/mol. The maximum Gasteiger partial charge on any atom is 0.244 e. The second kappa shape index (κ2) is 4.94. The van der Waals surface area contributed by atoms with Crippen molar-refractivity contribution in [1.29, 1.82) is 0 Å². The first kappa shape index (κ1) is 12.6. The number of benzene rings is 1. The van der Waals surface area contributed by atoms with Gasteiger partial charge in [0.15, 0.2) is 0 Å². The molecule has 2 aromatic rings. The van der Waals surface area contributed by atoms with Crippen molar-refractivity contribution in [2.24, 2.45) is 0 Å². The minimum absolute atomic E-state index is 0.0525. The second-order valence-corrected chi connectivity index (χ2v) is 4.77. The number of amides is 1. The third-order valence-electron chi connectivity index (χ3n) is 3.28. The van der Waals surface area contributed by atoms with Crippen molar-refractivity contribution in [2.75, 3.05) is 16.8 Å².